The van der Waals surface area contributed by atoms with Crippen molar-refractivity contribution in [2.75, 3.05) is 0 Å². The maximum Gasteiger partial charge on any atom is 0.407 e. The van der Waals surface area contributed by atoms with Crippen LogP contribution in [0.25, 0.3) is 0 Å². The molecular formula is C11H9F4NO4S. The molecule has 21 heavy (non-hydrogen) atoms. The number of sulfonamides is 1. The van der Waals surface area contributed by atoms with Gasteiger partial charge in [0.25, 0.3) is 0 Å². The van der Waals surface area contributed by atoms with Gasteiger partial charge in [0.05, 0.1) is 5.56 Å². The van der Waals surface area contributed by atoms with Crippen molar-refractivity contribution >= 4 is 16.0 Å². The Labute approximate surface area is 116 Å². The number of benzene rings is 1. The Kier molecular flexibility index (Phi) is 3.49. The minimum atomic E-state index is -4.83. The minimum absolute atomic E-state index is 0.448. The average molecular weight is 327 g/mol. The Morgan fingerprint density at radius 3 is 2.29 bits per heavy atom. The van der Waals surface area contributed by atoms with Crippen LogP contribution in [0.4, 0.5) is 17.6 Å². The first-order chi connectivity index (χ1) is 9.48. The van der Waals surface area contributed by atoms with Gasteiger partial charge in [0.2, 0.25) is 10.0 Å². The maximum absolute atomic E-state index is 13.5. The number of carboxylic acid groups (broad SMARTS) is 1. The van der Waals surface area contributed by atoms with E-state index in [1.54, 1.807) is 0 Å². The molecule has 0 aromatic heterocycles. The van der Waals surface area contributed by atoms with Gasteiger partial charge >= 0.3 is 12.1 Å². The van der Waals surface area contributed by atoms with Crippen LogP contribution in [0.2, 0.25) is 0 Å². The Morgan fingerprint density at radius 1 is 1.29 bits per heavy atom. The summed E-state index contributed by atoms with van der Waals surface area (Å²) >= 11 is 0. The fraction of sp³-hybridized carbons (Fsp3) is 0.364. The number of carbonyl (C=O) groups is 1. The lowest BCUT2D eigenvalue weighted by Crippen LogP contribution is -2.47. The smallest absolute Gasteiger partial charge is 0.407 e. The largest absolute Gasteiger partial charge is 0.478 e. The van der Waals surface area contributed by atoms with Crippen LogP contribution in [0, 0.1) is 5.82 Å². The monoisotopic (exact) mass is 327 g/mol. The molecule has 1 saturated carbocycles. The summed E-state index contributed by atoms with van der Waals surface area (Å²) in [6.07, 6.45) is -5.70. The second-order valence-corrected chi connectivity index (χ2v) is 6.29. The van der Waals surface area contributed by atoms with Gasteiger partial charge in [-0.3, -0.25) is 0 Å². The summed E-state index contributed by atoms with van der Waals surface area (Å²) in [5, 5.41) is 8.72. The Bertz CT molecular complexity index is 695. The summed E-state index contributed by atoms with van der Waals surface area (Å²) in [6, 6.07) is 1.87. The van der Waals surface area contributed by atoms with E-state index in [1.807, 2.05) is 0 Å². The van der Waals surface area contributed by atoms with Crippen molar-refractivity contribution in [2.45, 2.75) is 29.5 Å². The molecular weight excluding hydrogens is 318 g/mol. The summed E-state index contributed by atoms with van der Waals surface area (Å²) < 4.78 is 76.9. The second kappa shape index (κ2) is 4.67. The van der Waals surface area contributed by atoms with E-state index in [1.165, 1.54) is 4.72 Å². The number of alkyl halides is 3. The molecule has 10 heteroatoms. The maximum atomic E-state index is 13.5. The summed E-state index contributed by atoms with van der Waals surface area (Å²) in [6.45, 7) is 0. The highest BCUT2D eigenvalue weighted by Crippen LogP contribution is 2.49. The molecule has 116 valence electrons. The van der Waals surface area contributed by atoms with Crippen molar-refractivity contribution < 1.29 is 35.9 Å². The molecule has 0 bridgehead atoms. The zero-order valence-electron chi connectivity index (χ0n) is 10.2. The summed E-state index contributed by atoms with van der Waals surface area (Å²) in [5.74, 6) is -2.85. The Balaban J connectivity index is 2.41. The average Bonchev–Trinajstić information content (AvgIpc) is 3.08. The molecule has 0 radical (unpaired) electrons. The highest BCUT2D eigenvalue weighted by Gasteiger charge is 2.65. The number of halogens is 4. The second-order valence-electron chi connectivity index (χ2n) is 4.64. The van der Waals surface area contributed by atoms with Crippen LogP contribution < -0.4 is 4.72 Å². The topological polar surface area (TPSA) is 83.5 Å². The van der Waals surface area contributed by atoms with Gasteiger partial charge in [-0.05, 0) is 31.0 Å². The van der Waals surface area contributed by atoms with Gasteiger partial charge in [0.1, 0.15) is 16.3 Å². The number of nitrogens with one attached hydrogen (secondary N) is 1. The normalized spacial score (nSPS) is 17.5. The van der Waals surface area contributed by atoms with E-state index >= 15 is 0 Å². The summed E-state index contributed by atoms with van der Waals surface area (Å²) in [4.78, 5) is 9.60. The number of rotatable bonds is 4. The van der Waals surface area contributed by atoms with Crippen LogP contribution in [0.1, 0.15) is 23.2 Å². The molecule has 0 saturated heterocycles. The van der Waals surface area contributed by atoms with Gasteiger partial charge in [-0.25, -0.2) is 17.6 Å². The fourth-order valence-electron chi connectivity index (χ4n) is 1.72. The van der Waals surface area contributed by atoms with E-state index in [2.05, 4.69) is 0 Å². The minimum Gasteiger partial charge on any atom is -0.478 e. The lowest BCUT2D eigenvalue weighted by Gasteiger charge is -2.20. The molecule has 0 aliphatic heterocycles. The third-order valence-corrected chi connectivity index (χ3v) is 4.64. The Hall–Kier alpha value is -1.68. The number of aromatic carboxylic acids is 1. The van der Waals surface area contributed by atoms with Gasteiger partial charge in [-0.2, -0.15) is 17.9 Å². The fourth-order valence-corrected chi connectivity index (χ4v) is 3.27. The van der Waals surface area contributed by atoms with Crippen molar-refractivity contribution in [1.29, 1.82) is 0 Å². The first kappa shape index (κ1) is 15.7. The van der Waals surface area contributed by atoms with Crippen LogP contribution in [0.3, 0.4) is 0 Å². The van der Waals surface area contributed by atoms with Gasteiger partial charge in [-0.1, -0.05) is 0 Å². The van der Waals surface area contributed by atoms with E-state index < -0.39 is 56.8 Å². The van der Waals surface area contributed by atoms with Crippen molar-refractivity contribution in [3.8, 4) is 0 Å². The molecule has 1 aromatic rings. The molecule has 0 heterocycles. The predicted molar refractivity (Wildman–Crippen MR) is 61.7 cm³/mol. The Morgan fingerprint density at radius 2 is 1.86 bits per heavy atom. The van der Waals surface area contributed by atoms with Crippen LogP contribution in [-0.2, 0) is 10.0 Å². The van der Waals surface area contributed by atoms with Crippen LogP contribution in [-0.4, -0.2) is 31.2 Å². The first-order valence-corrected chi connectivity index (χ1v) is 7.10. The lowest BCUT2D eigenvalue weighted by atomic mass is 10.2. The van der Waals surface area contributed by atoms with Gasteiger partial charge in [0, 0.05) is 0 Å². The van der Waals surface area contributed by atoms with E-state index in [-0.39, 0.29) is 0 Å². The van der Waals surface area contributed by atoms with Gasteiger partial charge < -0.3 is 5.11 Å². The quantitative estimate of drug-likeness (QED) is 0.827. The van der Waals surface area contributed by atoms with Crippen LogP contribution in [0.5, 0.6) is 0 Å². The van der Waals surface area contributed by atoms with E-state index in [9.17, 15) is 30.8 Å². The number of carboxylic acids is 1. The van der Waals surface area contributed by atoms with Crippen molar-refractivity contribution in [2.24, 2.45) is 0 Å². The highest BCUT2D eigenvalue weighted by molar-refractivity contribution is 7.89. The predicted octanol–water partition coefficient (Wildman–Crippen LogP) is 1.90. The third kappa shape index (κ3) is 2.86. The molecule has 5 nitrogen and oxygen atoms in total. The van der Waals surface area contributed by atoms with E-state index in [0.29, 0.717) is 12.1 Å². The zero-order valence-corrected chi connectivity index (χ0v) is 11.1. The van der Waals surface area contributed by atoms with Crippen LogP contribution in [0.15, 0.2) is 23.1 Å². The van der Waals surface area contributed by atoms with E-state index in [4.69, 9.17) is 5.11 Å². The molecule has 0 spiro atoms. The molecule has 0 unspecified atom stereocenters. The van der Waals surface area contributed by atoms with Crippen LogP contribution >= 0.6 is 0 Å². The molecule has 1 fully saturated rings. The molecule has 1 aliphatic rings. The molecule has 1 aromatic carbocycles. The SMILES string of the molecule is O=C(O)c1ccc(F)c(S(=O)(=O)NC2(C(F)(F)F)CC2)c1. The summed E-state index contributed by atoms with van der Waals surface area (Å²) in [7, 11) is -4.83. The molecule has 2 rings (SSSR count). The third-order valence-electron chi connectivity index (χ3n) is 3.09. The van der Waals surface area contributed by atoms with Gasteiger partial charge in [-0.15, -0.1) is 0 Å². The molecule has 1 aliphatic carbocycles. The number of hydrogen-bond donors (Lipinski definition) is 2. The molecule has 2 N–H and O–H groups in total. The zero-order chi connectivity index (χ0) is 16.1. The standard InChI is InChI=1S/C11H9F4NO4S/c12-7-2-1-6(9(17)18)5-8(7)21(19,20)16-10(3-4-10)11(13,14)15/h1-2,5,16H,3-4H2,(H,17,18). The molecule has 0 amide bonds. The van der Waals surface area contributed by atoms with Crippen molar-refractivity contribution in [1.82, 2.24) is 4.72 Å². The first-order valence-electron chi connectivity index (χ1n) is 5.62. The van der Waals surface area contributed by atoms with Crippen molar-refractivity contribution in [3.05, 3.63) is 29.6 Å². The van der Waals surface area contributed by atoms with Crippen molar-refractivity contribution in [3.63, 3.8) is 0 Å². The molecule has 0 atom stereocenters. The summed E-state index contributed by atoms with van der Waals surface area (Å²) in [5.41, 5.74) is -3.15. The highest BCUT2D eigenvalue weighted by atomic mass is 32.2. The number of hydrogen-bond acceptors (Lipinski definition) is 3. The lowest BCUT2D eigenvalue weighted by molar-refractivity contribution is -0.160. The van der Waals surface area contributed by atoms with Gasteiger partial charge in [0.15, 0.2) is 0 Å². The van der Waals surface area contributed by atoms with E-state index in [0.717, 1.165) is 6.07 Å².